The summed E-state index contributed by atoms with van der Waals surface area (Å²) in [5.41, 5.74) is 5.29. The standard InChI is InChI=1S/C8H8Br2N2O3/c9-6-3-5(12(13)14)4-7(10)8(6)15-2-1-11/h3-4H,1-2,11H2. The van der Waals surface area contributed by atoms with Crippen LogP contribution in [0.25, 0.3) is 0 Å². The van der Waals surface area contributed by atoms with Crippen molar-refractivity contribution < 1.29 is 9.66 Å². The monoisotopic (exact) mass is 338 g/mol. The van der Waals surface area contributed by atoms with E-state index < -0.39 is 4.92 Å². The fourth-order valence-corrected chi connectivity index (χ4v) is 2.34. The summed E-state index contributed by atoms with van der Waals surface area (Å²) in [5.74, 6) is 0.519. The van der Waals surface area contributed by atoms with Gasteiger partial charge in [0.25, 0.3) is 5.69 Å². The van der Waals surface area contributed by atoms with Crippen molar-refractivity contribution in [1.29, 1.82) is 0 Å². The second-order valence-corrected chi connectivity index (χ2v) is 4.34. The first-order chi connectivity index (χ1) is 7.06. The summed E-state index contributed by atoms with van der Waals surface area (Å²) in [6, 6.07) is 2.77. The molecule has 15 heavy (non-hydrogen) atoms. The van der Waals surface area contributed by atoms with E-state index in [4.69, 9.17) is 10.5 Å². The topological polar surface area (TPSA) is 78.4 Å². The maximum atomic E-state index is 10.5. The van der Waals surface area contributed by atoms with Crippen LogP contribution in [0.1, 0.15) is 0 Å². The molecule has 0 saturated heterocycles. The minimum Gasteiger partial charge on any atom is -0.490 e. The van der Waals surface area contributed by atoms with Gasteiger partial charge in [0.05, 0.1) is 13.9 Å². The minimum atomic E-state index is -0.470. The molecular weight excluding hydrogens is 332 g/mol. The molecule has 82 valence electrons. The van der Waals surface area contributed by atoms with Crippen molar-refractivity contribution in [2.45, 2.75) is 0 Å². The van der Waals surface area contributed by atoms with Crippen molar-refractivity contribution in [2.75, 3.05) is 13.2 Å². The van der Waals surface area contributed by atoms with Crippen molar-refractivity contribution in [2.24, 2.45) is 5.73 Å². The molecule has 0 heterocycles. The number of nitrogens with two attached hydrogens (primary N) is 1. The molecule has 0 aromatic heterocycles. The lowest BCUT2D eigenvalue weighted by Crippen LogP contribution is -2.11. The molecule has 1 aromatic rings. The van der Waals surface area contributed by atoms with Crippen LogP contribution in [0.3, 0.4) is 0 Å². The molecule has 0 amide bonds. The van der Waals surface area contributed by atoms with Gasteiger partial charge < -0.3 is 10.5 Å². The number of nitro groups is 1. The van der Waals surface area contributed by atoms with E-state index in [-0.39, 0.29) is 5.69 Å². The van der Waals surface area contributed by atoms with Crippen LogP contribution in [0.2, 0.25) is 0 Å². The van der Waals surface area contributed by atoms with E-state index in [9.17, 15) is 10.1 Å². The maximum absolute atomic E-state index is 10.5. The van der Waals surface area contributed by atoms with E-state index in [2.05, 4.69) is 31.9 Å². The highest BCUT2D eigenvalue weighted by molar-refractivity contribution is 9.11. The first-order valence-corrected chi connectivity index (χ1v) is 5.61. The molecule has 1 aromatic carbocycles. The lowest BCUT2D eigenvalue weighted by Gasteiger charge is -2.08. The predicted molar refractivity (Wildman–Crippen MR) is 63.0 cm³/mol. The third kappa shape index (κ3) is 3.15. The van der Waals surface area contributed by atoms with Gasteiger partial charge in [-0.1, -0.05) is 0 Å². The number of hydrogen-bond acceptors (Lipinski definition) is 4. The van der Waals surface area contributed by atoms with Crippen molar-refractivity contribution in [1.82, 2.24) is 0 Å². The minimum absolute atomic E-state index is 0.00570. The number of hydrogen-bond donors (Lipinski definition) is 1. The predicted octanol–water partition coefficient (Wildman–Crippen LogP) is 2.46. The average Bonchev–Trinajstić information content (AvgIpc) is 2.16. The van der Waals surface area contributed by atoms with Crippen molar-refractivity contribution in [3.05, 3.63) is 31.2 Å². The smallest absolute Gasteiger partial charge is 0.271 e. The highest BCUT2D eigenvalue weighted by Crippen LogP contribution is 2.36. The number of nitrogens with zero attached hydrogens (tertiary/aromatic N) is 1. The first kappa shape index (κ1) is 12.4. The van der Waals surface area contributed by atoms with Crippen LogP contribution >= 0.6 is 31.9 Å². The van der Waals surface area contributed by atoms with Crippen LogP contribution in [-0.4, -0.2) is 18.1 Å². The largest absolute Gasteiger partial charge is 0.490 e. The fraction of sp³-hybridized carbons (Fsp3) is 0.250. The van der Waals surface area contributed by atoms with Gasteiger partial charge >= 0.3 is 0 Å². The van der Waals surface area contributed by atoms with Crippen molar-refractivity contribution in [3.63, 3.8) is 0 Å². The Hall–Kier alpha value is -0.660. The van der Waals surface area contributed by atoms with Gasteiger partial charge in [-0.2, -0.15) is 0 Å². The number of non-ortho nitro benzene ring substituents is 1. The zero-order valence-corrected chi connectivity index (χ0v) is 10.7. The Labute approximate surface area is 103 Å². The summed E-state index contributed by atoms with van der Waals surface area (Å²) in [4.78, 5) is 10.1. The zero-order chi connectivity index (χ0) is 11.4. The second kappa shape index (κ2) is 5.43. The molecule has 0 spiro atoms. The van der Waals surface area contributed by atoms with Crippen LogP contribution in [0, 0.1) is 10.1 Å². The van der Waals surface area contributed by atoms with Gasteiger partial charge in [-0.25, -0.2) is 0 Å². The van der Waals surface area contributed by atoms with Crippen LogP contribution in [0.4, 0.5) is 5.69 Å². The Morgan fingerprint density at radius 3 is 2.33 bits per heavy atom. The van der Waals surface area contributed by atoms with Gasteiger partial charge in [-0.3, -0.25) is 10.1 Å². The van der Waals surface area contributed by atoms with Gasteiger partial charge in [-0.05, 0) is 31.9 Å². The Kier molecular flexibility index (Phi) is 4.49. The number of ether oxygens (including phenoxy) is 1. The molecule has 0 aliphatic heterocycles. The van der Waals surface area contributed by atoms with Crippen LogP contribution in [-0.2, 0) is 0 Å². The summed E-state index contributed by atoms with van der Waals surface area (Å²) in [6.45, 7) is 0.741. The molecule has 0 saturated carbocycles. The van der Waals surface area contributed by atoms with Crippen molar-refractivity contribution in [3.8, 4) is 5.75 Å². The summed E-state index contributed by atoms with van der Waals surface area (Å²) >= 11 is 6.39. The van der Waals surface area contributed by atoms with Gasteiger partial charge in [0.1, 0.15) is 12.4 Å². The van der Waals surface area contributed by atoms with E-state index in [1.807, 2.05) is 0 Å². The molecule has 5 nitrogen and oxygen atoms in total. The zero-order valence-electron chi connectivity index (χ0n) is 7.57. The van der Waals surface area contributed by atoms with Gasteiger partial charge in [0.15, 0.2) is 0 Å². The second-order valence-electron chi connectivity index (χ2n) is 2.63. The fourth-order valence-electron chi connectivity index (χ4n) is 0.951. The average molecular weight is 340 g/mol. The summed E-state index contributed by atoms with van der Waals surface area (Å²) in [5, 5.41) is 10.5. The lowest BCUT2D eigenvalue weighted by atomic mass is 10.3. The lowest BCUT2D eigenvalue weighted by molar-refractivity contribution is -0.385. The number of halogens is 2. The number of nitro benzene ring substituents is 1. The van der Waals surface area contributed by atoms with Gasteiger partial charge in [0.2, 0.25) is 0 Å². The molecule has 0 radical (unpaired) electrons. The summed E-state index contributed by atoms with van der Waals surface area (Å²) in [7, 11) is 0. The van der Waals surface area contributed by atoms with Gasteiger partial charge in [-0.15, -0.1) is 0 Å². The first-order valence-electron chi connectivity index (χ1n) is 4.02. The third-order valence-electron chi connectivity index (χ3n) is 1.56. The SMILES string of the molecule is NCCOc1c(Br)cc([N+](=O)[O-])cc1Br. The number of benzene rings is 1. The highest BCUT2D eigenvalue weighted by atomic mass is 79.9. The summed E-state index contributed by atoms with van der Waals surface area (Å²) < 4.78 is 6.36. The molecular formula is C8H8Br2N2O3. The van der Waals surface area contributed by atoms with Crippen LogP contribution in [0.5, 0.6) is 5.75 Å². The molecule has 0 aliphatic carbocycles. The van der Waals surface area contributed by atoms with Crippen LogP contribution in [0.15, 0.2) is 21.1 Å². The Morgan fingerprint density at radius 1 is 1.40 bits per heavy atom. The summed E-state index contributed by atoms with van der Waals surface area (Å²) in [6.07, 6.45) is 0. The normalized spacial score (nSPS) is 10.1. The Morgan fingerprint density at radius 2 is 1.93 bits per heavy atom. The van der Waals surface area contributed by atoms with E-state index in [0.29, 0.717) is 27.8 Å². The van der Waals surface area contributed by atoms with Crippen LogP contribution < -0.4 is 10.5 Å². The molecule has 0 fully saturated rings. The van der Waals surface area contributed by atoms with E-state index in [1.54, 1.807) is 0 Å². The number of rotatable bonds is 4. The molecule has 2 N–H and O–H groups in total. The third-order valence-corrected chi connectivity index (χ3v) is 2.74. The molecule has 1 rings (SSSR count). The maximum Gasteiger partial charge on any atom is 0.271 e. The Balaban J connectivity index is 3.04. The van der Waals surface area contributed by atoms with E-state index in [1.165, 1.54) is 12.1 Å². The molecule has 0 bridgehead atoms. The van der Waals surface area contributed by atoms with Gasteiger partial charge in [0, 0.05) is 18.7 Å². The Bertz CT molecular complexity index is 361. The van der Waals surface area contributed by atoms with E-state index in [0.717, 1.165) is 0 Å². The molecule has 7 heteroatoms. The quantitative estimate of drug-likeness (QED) is 0.675. The van der Waals surface area contributed by atoms with Crippen molar-refractivity contribution >= 4 is 37.5 Å². The molecule has 0 atom stereocenters. The molecule has 0 aliphatic rings. The molecule has 0 unspecified atom stereocenters. The van der Waals surface area contributed by atoms with E-state index >= 15 is 0 Å². The highest BCUT2D eigenvalue weighted by Gasteiger charge is 2.14.